The molecule has 0 radical (unpaired) electrons. The smallest absolute Gasteiger partial charge is 0.166 e. The molecular weight excluding hydrogens is 322 g/mol. The third kappa shape index (κ3) is 3.04. The van der Waals surface area contributed by atoms with Crippen molar-refractivity contribution < 1.29 is 4.79 Å². The summed E-state index contributed by atoms with van der Waals surface area (Å²) in [5.74, 6) is 0.192. The molecule has 0 unspecified atom stereocenters. The molecule has 0 N–H and O–H groups in total. The number of carbonyl (C=O) groups is 1. The average molecular weight is 341 g/mol. The van der Waals surface area contributed by atoms with Gasteiger partial charge in [0.25, 0.3) is 0 Å². The molecule has 1 aliphatic rings. The van der Waals surface area contributed by atoms with Gasteiger partial charge < -0.3 is 0 Å². The van der Waals surface area contributed by atoms with Crippen LogP contribution in [0.25, 0.3) is 0 Å². The monoisotopic (exact) mass is 341 g/mol. The number of nitriles is 1. The average Bonchev–Trinajstić information content (AvgIpc) is 3.01. The van der Waals surface area contributed by atoms with Crippen molar-refractivity contribution in [3.8, 4) is 6.07 Å². The van der Waals surface area contributed by atoms with Gasteiger partial charge in [-0.1, -0.05) is 48.5 Å². The fourth-order valence-electron chi connectivity index (χ4n) is 3.64. The quantitative estimate of drug-likeness (QED) is 0.723. The van der Waals surface area contributed by atoms with Crippen LogP contribution in [0.15, 0.2) is 54.6 Å². The zero-order chi connectivity index (χ0) is 17.9. The lowest BCUT2D eigenvalue weighted by Crippen LogP contribution is -2.15. The van der Waals surface area contributed by atoms with Gasteiger partial charge in [-0.3, -0.25) is 9.48 Å². The van der Waals surface area contributed by atoms with Gasteiger partial charge in [0.15, 0.2) is 5.78 Å². The first-order valence-electron chi connectivity index (χ1n) is 8.90. The molecule has 4 rings (SSSR count). The van der Waals surface area contributed by atoms with Gasteiger partial charge in [-0.05, 0) is 30.0 Å². The maximum atomic E-state index is 12.6. The molecular formula is C22H19N3O. The first kappa shape index (κ1) is 16.3. The van der Waals surface area contributed by atoms with E-state index in [2.05, 4.69) is 18.2 Å². The van der Waals surface area contributed by atoms with Crippen molar-refractivity contribution in [1.29, 1.82) is 5.26 Å². The molecule has 0 saturated carbocycles. The second kappa shape index (κ2) is 6.97. The zero-order valence-electron chi connectivity index (χ0n) is 14.5. The normalized spacial score (nSPS) is 13.3. The fraction of sp³-hybridized carbons (Fsp3) is 0.227. The highest BCUT2D eigenvalue weighted by atomic mass is 16.1. The number of benzene rings is 2. The van der Waals surface area contributed by atoms with Gasteiger partial charge in [-0.25, -0.2) is 0 Å². The third-order valence-corrected chi connectivity index (χ3v) is 4.90. The van der Waals surface area contributed by atoms with Gasteiger partial charge >= 0.3 is 0 Å². The number of hydrogen-bond acceptors (Lipinski definition) is 3. The highest BCUT2D eigenvalue weighted by Crippen LogP contribution is 2.27. The molecule has 0 atom stereocenters. The summed E-state index contributed by atoms with van der Waals surface area (Å²) in [6.07, 6.45) is 2.97. The number of nitrogens with zero attached hydrogens (tertiary/aromatic N) is 3. The minimum atomic E-state index is 0.192. The highest BCUT2D eigenvalue weighted by molar-refractivity contribution is 5.99. The van der Waals surface area contributed by atoms with E-state index in [1.807, 2.05) is 47.1 Å². The molecule has 4 nitrogen and oxygen atoms in total. The SMILES string of the molecule is N#Cc1ccccc1Cn1nc(Cc2ccccc2)c2c1CCCC2=O. The van der Waals surface area contributed by atoms with Crippen LogP contribution in [0.2, 0.25) is 0 Å². The van der Waals surface area contributed by atoms with Crippen LogP contribution in [0.3, 0.4) is 0 Å². The number of Topliss-reactive ketones (excluding diaryl/α,β-unsaturated/α-hetero) is 1. The predicted octanol–water partition coefficient (Wildman–Crippen LogP) is 3.91. The largest absolute Gasteiger partial charge is 0.294 e. The number of ketones is 1. The molecule has 0 amide bonds. The summed E-state index contributed by atoms with van der Waals surface area (Å²) in [6.45, 7) is 0.522. The van der Waals surface area contributed by atoms with Crippen LogP contribution in [0.1, 0.15) is 51.3 Å². The lowest BCUT2D eigenvalue weighted by atomic mass is 9.92. The molecule has 1 aromatic heterocycles. The van der Waals surface area contributed by atoms with E-state index in [0.717, 1.165) is 40.9 Å². The molecule has 0 bridgehead atoms. The van der Waals surface area contributed by atoms with E-state index in [1.54, 1.807) is 0 Å². The molecule has 0 aliphatic heterocycles. The van der Waals surface area contributed by atoms with Crippen molar-refractivity contribution in [2.75, 3.05) is 0 Å². The molecule has 0 fully saturated rings. The van der Waals surface area contributed by atoms with E-state index in [9.17, 15) is 10.1 Å². The van der Waals surface area contributed by atoms with Crippen molar-refractivity contribution in [3.63, 3.8) is 0 Å². The number of aromatic nitrogens is 2. The topological polar surface area (TPSA) is 58.7 Å². The zero-order valence-corrected chi connectivity index (χ0v) is 14.5. The van der Waals surface area contributed by atoms with E-state index in [1.165, 1.54) is 0 Å². The van der Waals surface area contributed by atoms with Crippen LogP contribution in [-0.2, 0) is 19.4 Å². The summed E-state index contributed by atoms with van der Waals surface area (Å²) in [4.78, 5) is 12.6. The highest BCUT2D eigenvalue weighted by Gasteiger charge is 2.27. The van der Waals surface area contributed by atoms with Crippen LogP contribution in [0.4, 0.5) is 0 Å². The van der Waals surface area contributed by atoms with E-state index in [-0.39, 0.29) is 5.78 Å². The predicted molar refractivity (Wildman–Crippen MR) is 99.0 cm³/mol. The van der Waals surface area contributed by atoms with Crippen LogP contribution in [0, 0.1) is 11.3 Å². The number of hydrogen-bond donors (Lipinski definition) is 0. The summed E-state index contributed by atoms with van der Waals surface area (Å²) in [5.41, 5.74) is 5.41. The fourth-order valence-corrected chi connectivity index (χ4v) is 3.64. The Labute approximate surface area is 152 Å². The molecule has 2 aromatic carbocycles. The minimum absolute atomic E-state index is 0.192. The van der Waals surface area contributed by atoms with E-state index in [4.69, 9.17) is 5.10 Å². The molecule has 1 aliphatic carbocycles. The number of fused-ring (bicyclic) bond motifs is 1. The standard InChI is InChI=1S/C22H19N3O/c23-14-17-9-4-5-10-18(17)15-25-20-11-6-12-21(26)22(20)19(24-25)13-16-7-2-1-3-8-16/h1-5,7-10H,6,11-13,15H2. The summed E-state index contributed by atoms with van der Waals surface area (Å²) >= 11 is 0. The van der Waals surface area contributed by atoms with Gasteiger partial charge in [0.1, 0.15) is 0 Å². The molecule has 0 saturated heterocycles. The molecule has 4 heteroatoms. The van der Waals surface area contributed by atoms with Crippen LogP contribution in [-0.4, -0.2) is 15.6 Å². The Bertz CT molecular complexity index is 996. The Morgan fingerprint density at radius 3 is 2.62 bits per heavy atom. The van der Waals surface area contributed by atoms with Crippen LogP contribution < -0.4 is 0 Å². The molecule has 1 heterocycles. The van der Waals surface area contributed by atoms with Gasteiger partial charge in [0, 0.05) is 18.5 Å². The third-order valence-electron chi connectivity index (χ3n) is 4.90. The van der Waals surface area contributed by atoms with Crippen LogP contribution in [0.5, 0.6) is 0 Å². The Kier molecular flexibility index (Phi) is 4.37. The Morgan fingerprint density at radius 1 is 1.04 bits per heavy atom. The van der Waals surface area contributed by atoms with E-state index >= 15 is 0 Å². The van der Waals surface area contributed by atoms with Gasteiger partial charge in [-0.2, -0.15) is 10.4 Å². The second-order valence-electron chi connectivity index (χ2n) is 6.63. The first-order chi connectivity index (χ1) is 12.8. The molecule has 128 valence electrons. The van der Waals surface area contributed by atoms with Gasteiger partial charge in [0.05, 0.1) is 29.4 Å². The summed E-state index contributed by atoms with van der Waals surface area (Å²) in [7, 11) is 0. The molecule has 3 aromatic rings. The van der Waals surface area contributed by atoms with Crippen molar-refractivity contribution in [2.45, 2.75) is 32.2 Å². The van der Waals surface area contributed by atoms with Crippen molar-refractivity contribution in [3.05, 3.63) is 88.2 Å². The van der Waals surface area contributed by atoms with E-state index < -0.39 is 0 Å². The lowest BCUT2D eigenvalue weighted by Gasteiger charge is -2.14. The minimum Gasteiger partial charge on any atom is -0.294 e. The Hall–Kier alpha value is -3.19. The van der Waals surface area contributed by atoms with Crippen molar-refractivity contribution in [1.82, 2.24) is 9.78 Å². The summed E-state index contributed by atoms with van der Waals surface area (Å²) in [6, 6.07) is 19.9. The van der Waals surface area contributed by atoms with E-state index in [0.29, 0.717) is 24.9 Å². The van der Waals surface area contributed by atoms with Crippen molar-refractivity contribution >= 4 is 5.78 Å². The van der Waals surface area contributed by atoms with Gasteiger partial charge in [-0.15, -0.1) is 0 Å². The number of rotatable bonds is 4. The maximum absolute atomic E-state index is 12.6. The second-order valence-corrected chi connectivity index (χ2v) is 6.63. The maximum Gasteiger partial charge on any atom is 0.166 e. The number of carbonyl (C=O) groups excluding carboxylic acids is 1. The summed E-state index contributed by atoms with van der Waals surface area (Å²) in [5, 5.41) is 14.1. The Morgan fingerprint density at radius 2 is 1.81 bits per heavy atom. The molecule has 0 spiro atoms. The van der Waals surface area contributed by atoms with Gasteiger partial charge in [0.2, 0.25) is 0 Å². The lowest BCUT2D eigenvalue weighted by molar-refractivity contribution is 0.0971. The first-order valence-corrected chi connectivity index (χ1v) is 8.90. The van der Waals surface area contributed by atoms with Crippen LogP contribution >= 0.6 is 0 Å². The Balaban J connectivity index is 1.75. The summed E-state index contributed by atoms with van der Waals surface area (Å²) < 4.78 is 1.93. The molecule has 26 heavy (non-hydrogen) atoms. The van der Waals surface area contributed by atoms with Crippen molar-refractivity contribution in [2.24, 2.45) is 0 Å².